The van der Waals surface area contributed by atoms with Crippen molar-refractivity contribution < 1.29 is 4.74 Å². The summed E-state index contributed by atoms with van der Waals surface area (Å²) in [5, 5.41) is 3.13. The van der Waals surface area contributed by atoms with Crippen LogP contribution in [0.25, 0.3) is 0 Å². The lowest BCUT2D eigenvalue weighted by Crippen LogP contribution is -2.00. The van der Waals surface area contributed by atoms with Gasteiger partial charge in [0.15, 0.2) is 0 Å². The Morgan fingerprint density at radius 1 is 0.952 bits per heavy atom. The van der Waals surface area contributed by atoms with Crippen LogP contribution in [-0.2, 0) is 12.8 Å². The summed E-state index contributed by atoms with van der Waals surface area (Å²) in [6.45, 7) is 2.97. The van der Waals surface area contributed by atoms with Crippen LogP contribution in [0.2, 0.25) is 0 Å². The Morgan fingerprint density at radius 3 is 2.48 bits per heavy atom. The molecule has 0 radical (unpaired) electrons. The summed E-state index contributed by atoms with van der Waals surface area (Å²) in [5.41, 5.74) is 3.87. The lowest BCUT2D eigenvalue weighted by atomic mass is 10.1. The zero-order chi connectivity index (χ0) is 14.9. The van der Waals surface area contributed by atoms with E-state index in [-0.39, 0.29) is 0 Å². The summed E-state index contributed by atoms with van der Waals surface area (Å²) < 4.78 is 5.85. The molecule has 0 saturated carbocycles. The average Bonchev–Trinajstić information content (AvgIpc) is 2.53. The molecule has 0 aliphatic carbocycles. The molecule has 0 atom stereocenters. The highest BCUT2D eigenvalue weighted by Crippen LogP contribution is 2.15. The Bertz CT molecular complexity index is 534. The number of benzene rings is 2. The predicted octanol–water partition coefficient (Wildman–Crippen LogP) is 4.69. The van der Waals surface area contributed by atoms with Gasteiger partial charge < -0.3 is 10.1 Å². The van der Waals surface area contributed by atoms with Gasteiger partial charge in [-0.25, -0.2) is 0 Å². The van der Waals surface area contributed by atoms with Gasteiger partial charge in [0, 0.05) is 12.7 Å². The smallest absolute Gasteiger partial charge is 0.119 e. The molecule has 0 spiro atoms. The molecular weight excluding hydrogens is 258 g/mol. The van der Waals surface area contributed by atoms with E-state index in [1.54, 1.807) is 0 Å². The molecular formula is C19H25NO. The van der Waals surface area contributed by atoms with Crippen LogP contribution < -0.4 is 10.1 Å². The van der Waals surface area contributed by atoms with Crippen molar-refractivity contribution in [3.05, 3.63) is 59.7 Å². The second-order valence-electron chi connectivity index (χ2n) is 5.30. The van der Waals surface area contributed by atoms with E-state index in [0.29, 0.717) is 0 Å². The Balaban J connectivity index is 1.74. The van der Waals surface area contributed by atoms with Gasteiger partial charge in [0.25, 0.3) is 0 Å². The van der Waals surface area contributed by atoms with Gasteiger partial charge in [0.2, 0.25) is 0 Å². The minimum Gasteiger partial charge on any atom is -0.494 e. The van der Waals surface area contributed by atoms with Crippen LogP contribution in [0, 0.1) is 0 Å². The number of aryl methyl sites for hydroxylation is 2. The molecule has 0 unspecified atom stereocenters. The summed E-state index contributed by atoms with van der Waals surface area (Å²) in [4.78, 5) is 0. The number of anilines is 1. The van der Waals surface area contributed by atoms with E-state index in [1.807, 2.05) is 13.1 Å². The maximum absolute atomic E-state index is 5.85. The molecule has 0 aliphatic rings. The normalized spacial score (nSPS) is 10.4. The summed E-state index contributed by atoms with van der Waals surface area (Å²) in [7, 11) is 1.94. The van der Waals surface area contributed by atoms with Crippen LogP contribution in [0.1, 0.15) is 30.9 Å². The van der Waals surface area contributed by atoms with Gasteiger partial charge in [-0.1, -0.05) is 37.6 Å². The van der Waals surface area contributed by atoms with Gasteiger partial charge in [-0.3, -0.25) is 0 Å². The van der Waals surface area contributed by atoms with E-state index >= 15 is 0 Å². The zero-order valence-electron chi connectivity index (χ0n) is 13.1. The fourth-order valence-corrected chi connectivity index (χ4v) is 2.38. The van der Waals surface area contributed by atoms with Crippen LogP contribution in [-0.4, -0.2) is 13.7 Å². The van der Waals surface area contributed by atoms with Crippen molar-refractivity contribution in [1.82, 2.24) is 0 Å². The molecule has 21 heavy (non-hydrogen) atoms. The Hall–Kier alpha value is -1.96. The molecule has 0 saturated heterocycles. The standard InChI is InChI=1S/C19H25NO/c1-3-6-17-7-4-9-19(15-17)21-14-5-8-16-10-12-18(20-2)13-11-16/h4,7,9-13,15,20H,3,5-6,8,14H2,1-2H3. The van der Waals surface area contributed by atoms with Crippen LogP contribution >= 0.6 is 0 Å². The summed E-state index contributed by atoms with van der Waals surface area (Å²) in [6, 6.07) is 17.0. The van der Waals surface area contributed by atoms with Crippen molar-refractivity contribution >= 4 is 5.69 Å². The molecule has 0 aliphatic heterocycles. The SMILES string of the molecule is CCCc1cccc(OCCCc2ccc(NC)cc2)c1. The molecule has 0 aromatic heterocycles. The second-order valence-corrected chi connectivity index (χ2v) is 5.30. The maximum Gasteiger partial charge on any atom is 0.119 e. The molecule has 0 bridgehead atoms. The van der Waals surface area contributed by atoms with Crippen molar-refractivity contribution in [3.8, 4) is 5.75 Å². The molecule has 2 nitrogen and oxygen atoms in total. The molecule has 112 valence electrons. The van der Waals surface area contributed by atoms with Gasteiger partial charge in [-0.05, 0) is 54.7 Å². The lowest BCUT2D eigenvalue weighted by Gasteiger charge is -2.08. The molecule has 0 amide bonds. The topological polar surface area (TPSA) is 21.3 Å². The molecule has 0 heterocycles. The van der Waals surface area contributed by atoms with Crippen molar-refractivity contribution in [3.63, 3.8) is 0 Å². The molecule has 2 aromatic carbocycles. The van der Waals surface area contributed by atoms with Crippen LogP contribution in [0.15, 0.2) is 48.5 Å². The highest BCUT2D eigenvalue weighted by molar-refractivity contribution is 5.43. The quantitative estimate of drug-likeness (QED) is 0.709. The van der Waals surface area contributed by atoms with Gasteiger partial charge in [-0.15, -0.1) is 0 Å². The van der Waals surface area contributed by atoms with Crippen LogP contribution in [0.5, 0.6) is 5.75 Å². The number of hydrogen-bond donors (Lipinski definition) is 1. The first-order chi connectivity index (χ1) is 10.3. The van der Waals surface area contributed by atoms with Gasteiger partial charge >= 0.3 is 0 Å². The fourth-order valence-electron chi connectivity index (χ4n) is 2.38. The highest BCUT2D eigenvalue weighted by Gasteiger charge is 1.98. The molecule has 2 aromatic rings. The maximum atomic E-state index is 5.85. The summed E-state index contributed by atoms with van der Waals surface area (Å²) in [5.74, 6) is 0.992. The average molecular weight is 283 g/mol. The number of nitrogens with one attached hydrogen (secondary N) is 1. The first kappa shape index (κ1) is 15.4. The van der Waals surface area contributed by atoms with Crippen LogP contribution in [0.4, 0.5) is 5.69 Å². The molecule has 0 fully saturated rings. The molecule has 2 heteroatoms. The largest absolute Gasteiger partial charge is 0.494 e. The summed E-state index contributed by atoms with van der Waals surface area (Å²) in [6.07, 6.45) is 4.39. The van der Waals surface area contributed by atoms with Crippen molar-refractivity contribution in [2.45, 2.75) is 32.6 Å². The van der Waals surface area contributed by atoms with Gasteiger partial charge in [-0.2, -0.15) is 0 Å². The Kier molecular flexibility index (Phi) is 6.14. The van der Waals surface area contributed by atoms with E-state index < -0.39 is 0 Å². The van der Waals surface area contributed by atoms with Crippen LogP contribution in [0.3, 0.4) is 0 Å². The lowest BCUT2D eigenvalue weighted by molar-refractivity contribution is 0.310. The monoisotopic (exact) mass is 283 g/mol. The third-order valence-electron chi connectivity index (χ3n) is 3.56. The van der Waals surface area contributed by atoms with E-state index in [2.05, 4.69) is 54.7 Å². The van der Waals surface area contributed by atoms with E-state index in [4.69, 9.17) is 4.74 Å². The third kappa shape index (κ3) is 5.14. The fraction of sp³-hybridized carbons (Fsp3) is 0.368. The second kappa shape index (κ2) is 8.35. The highest BCUT2D eigenvalue weighted by atomic mass is 16.5. The summed E-state index contributed by atoms with van der Waals surface area (Å²) >= 11 is 0. The Labute approximate surface area is 128 Å². The Morgan fingerprint density at radius 2 is 1.76 bits per heavy atom. The van der Waals surface area contributed by atoms with Crippen molar-refractivity contribution in [2.75, 3.05) is 19.0 Å². The predicted molar refractivity (Wildman–Crippen MR) is 90.2 cm³/mol. The number of hydrogen-bond acceptors (Lipinski definition) is 2. The van der Waals surface area contributed by atoms with E-state index in [0.717, 1.165) is 37.3 Å². The van der Waals surface area contributed by atoms with Gasteiger partial charge in [0.05, 0.1) is 6.61 Å². The van der Waals surface area contributed by atoms with E-state index in [1.165, 1.54) is 17.5 Å². The number of ether oxygens (including phenoxy) is 1. The van der Waals surface area contributed by atoms with Crippen molar-refractivity contribution in [1.29, 1.82) is 0 Å². The first-order valence-corrected chi connectivity index (χ1v) is 7.80. The molecule has 2 rings (SSSR count). The third-order valence-corrected chi connectivity index (χ3v) is 3.56. The van der Waals surface area contributed by atoms with E-state index in [9.17, 15) is 0 Å². The zero-order valence-corrected chi connectivity index (χ0v) is 13.1. The molecule has 1 N–H and O–H groups in total. The minimum atomic E-state index is 0.767. The minimum absolute atomic E-state index is 0.767. The first-order valence-electron chi connectivity index (χ1n) is 7.80. The number of rotatable bonds is 8. The van der Waals surface area contributed by atoms with Crippen molar-refractivity contribution in [2.24, 2.45) is 0 Å². The van der Waals surface area contributed by atoms with Gasteiger partial charge in [0.1, 0.15) is 5.75 Å².